The molecule has 6 heteroatoms. The van der Waals surface area contributed by atoms with E-state index >= 15 is 0 Å². The first-order valence-corrected chi connectivity index (χ1v) is 9.13. The van der Waals surface area contributed by atoms with Gasteiger partial charge in [-0.05, 0) is 41.1 Å². The van der Waals surface area contributed by atoms with Crippen LogP contribution in [0.15, 0.2) is 45.7 Å². The fourth-order valence-corrected chi connectivity index (χ4v) is 3.43. The molecular weight excluding hydrogens is 384 g/mol. The van der Waals surface area contributed by atoms with Gasteiger partial charge in [-0.3, -0.25) is 9.59 Å². The van der Waals surface area contributed by atoms with E-state index in [2.05, 4.69) is 15.9 Å². The van der Waals surface area contributed by atoms with Crippen molar-refractivity contribution < 1.29 is 9.53 Å². The molecule has 0 atom stereocenters. The summed E-state index contributed by atoms with van der Waals surface area (Å²) in [7, 11) is 1.74. The number of aromatic nitrogens is 1. The summed E-state index contributed by atoms with van der Waals surface area (Å²) in [6.45, 7) is 3.18. The van der Waals surface area contributed by atoms with Crippen molar-refractivity contribution in [2.75, 3.05) is 13.1 Å². The van der Waals surface area contributed by atoms with Gasteiger partial charge in [0, 0.05) is 49.2 Å². The summed E-state index contributed by atoms with van der Waals surface area (Å²) < 4.78 is 8.37. The van der Waals surface area contributed by atoms with Crippen LogP contribution in [0.4, 0.5) is 0 Å². The van der Waals surface area contributed by atoms with Gasteiger partial charge in [0.05, 0.1) is 5.56 Å². The van der Waals surface area contributed by atoms with E-state index in [1.165, 1.54) is 6.07 Å². The smallest absolute Gasteiger partial charge is 0.255 e. The van der Waals surface area contributed by atoms with Crippen LogP contribution >= 0.6 is 15.9 Å². The van der Waals surface area contributed by atoms with E-state index in [-0.39, 0.29) is 17.6 Å². The normalized spacial score (nSPS) is 15.2. The summed E-state index contributed by atoms with van der Waals surface area (Å²) in [5.74, 6) is 0.645. The van der Waals surface area contributed by atoms with E-state index in [9.17, 15) is 9.59 Å². The number of ether oxygens (including phenoxy) is 1. The molecular formula is C19H21BrN2O3. The number of piperidine rings is 1. The van der Waals surface area contributed by atoms with Crippen LogP contribution < -0.4 is 10.3 Å². The number of likely N-dealkylation sites (tertiary alicyclic amines) is 1. The molecule has 1 amide bonds. The molecule has 3 rings (SSSR count). The van der Waals surface area contributed by atoms with Gasteiger partial charge in [-0.25, -0.2) is 0 Å². The highest BCUT2D eigenvalue weighted by Gasteiger charge is 2.25. The Morgan fingerprint density at radius 3 is 2.52 bits per heavy atom. The molecule has 0 spiro atoms. The predicted molar refractivity (Wildman–Crippen MR) is 100 cm³/mol. The van der Waals surface area contributed by atoms with Gasteiger partial charge in [-0.15, -0.1) is 0 Å². The first-order chi connectivity index (χ1) is 12.0. The standard InChI is InChI=1S/C19H21BrN2O3/c1-13-11-15(12-18(23)21(13)2)25-14-7-9-22(10-8-14)19(24)16-5-3-4-6-17(16)20/h3-6,11-12,14H,7-10H2,1-2H3. The summed E-state index contributed by atoms with van der Waals surface area (Å²) in [5.41, 5.74) is 1.48. The molecule has 0 saturated carbocycles. The molecule has 2 heterocycles. The quantitative estimate of drug-likeness (QED) is 0.789. The predicted octanol–water partition coefficient (Wildman–Crippen LogP) is 3.14. The molecule has 2 aromatic rings. The number of hydrogen-bond donors (Lipinski definition) is 0. The highest BCUT2D eigenvalue weighted by atomic mass is 79.9. The second-order valence-electron chi connectivity index (χ2n) is 6.32. The second-order valence-corrected chi connectivity index (χ2v) is 7.17. The van der Waals surface area contributed by atoms with Crippen LogP contribution in [0.3, 0.4) is 0 Å². The van der Waals surface area contributed by atoms with E-state index in [0.29, 0.717) is 24.4 Å². The van der Waals surface area contributed by atoms with Crippen molar-refractivity contribution in [2.24, 2.45) is 7.05 Å². The molecule has 1 aliphatic rings. The fraction of sp³-hybridized carbons (Fsp3) is 0.368. The van der Waals surface area contributed by atoms with E-state index in [4.69, 9.17) is 4.74 Å². The van der Waals surface area contributed by atoms with Crippen molar-refractivity contribution in [1.82, 2.24) is 9.47 Å². The Bertz CT molecular complexity index is 839. The van der Waals surface area contributed by atoms with Crippen molar-refractivity contribution in [2.45, 2.75) is 25.9 Å². The summed E-state index contributed by atoms with van der Waals surface area (Å²) in [4.78, 5) is 26.3. The Kier molecular flexibility index (Phi) is 5.27. The molecule has 0 radical (unpaired) electrons. The van der Waals surface area contributed by atoms with Crippen LogP contribution in [-0.2, 0) is 7.05 Å². The van der Waals surface area contributed by atoms with E-state index in [0.717, 1.165) is 23.0 Å². The average Bonchev–Trinajstić information content (AvgIpc) is 2.60. The maximum atomic E-state index is 12.6. The molecule has 1 aromatic carbocycles. The summed E-state index contributed by atoms with van der Waals surface area (Å²) in [6.07, 6.45) is 1.53. The lowest BCUT2D eigenvalue weighted by Crippen LogP contribution is -2.42. The third kappa shape index (κ3) is 3.95. The number of amides is 1. The van der Waals surface area contributed by atoms with E-state index in [1.54, 1.807) is 11.6 Å². The molecule has 1 fully saturated rings. The first-order valence-electron chi connectivity index (χ1n) is 8.34. The Labute approximate surface area is 155 Å². The number of nitrogens with zero attached hydrogens (tertiary/aromatic N) is 2. The van der Waals surface area contributed by atoms with Crippen LogP contribution in [-0.4, -0.2) is 34.6 Å². The highest BCUT2D eigenvalue weighted by molar-refractivity contribution is 9.10. The number of halogens is 1. The van der Waals surface area contributed by atoms with Gasteiger partial charge >= 0.3 is 0 Å². The Morgan fingerprint density at radius 1 is 1.20 bits per heavy atom. The fourth-order valence-electron chi connectivity index (χ4n) is 2.98. The molecule has 0 N–H and O–H groups in total. The van der Waals surface area contributed by atoms with Gasteiger partial charge in [0.1, 0.15) is 11.9 Å². The Morgan fingerprint density at radius 2 is 1.88 bits per heavy atom. The molecule has 0 unspecified atom stereocenters. The molecule has 1 aliphatic heterocycles. The van der Waals surface area contributed by atoms with Crippen LogP contribution in [0.25, 0.3) is 0 Å². The van der Waals surface area contributed by atoms with Crippen LogP contribution in [0.5, 0.6) is 5.75 Å². The highest BCUT2D eigenvalue weighted by Crippen LogP contribution is 2.22. The largest absolute Gasteiger partial charge is 0.490 e. The summed E-state index contributed by atoms with van der Waals surface area (Å²) in [5, 5.41) is 0. The van der Waals surface area contributed by atoms with Crippen molar-refractivity contribution in [1.29, 1.82) is 0 Å². The molecule has 132 valence electrons. The third-order valence-electron chi connectivity index (χ3n) is 4.61. The number of aryl methyl sites for hydroxylation is 1. The number of carbonyl (C=O) groups excluding carboxylic acids is 1. The lowest BCUT2D eigenvalue weighted by Gasteiger charge is -2.32. The topological polar surface area (TPSA) is 51.5 Å². The Balaban J connectivity index is 1.62. The van der Waals surface area contributed by atoms with E-state index < -0.39 is 0 Å². The van der Waals surface area contributed by atoms with Gasteiger partial charge in [0.25, 0.3) is 11.5 Å². The number of carbonyl (C=O) groups is 1. The van der Waals surface area contributed by atoms with Gasteiger partial charge in [-0.1, -0.05) is 12.1 Å². The zero-order chi connectivity index (χ0) is 18.0. The van der Waals surface area contributed by atoms with E-state index in [1.807, 2.05) is 42.2 Å². The third-order valence-corrected chi connectivity index (χ3v) is 5.30. The molecule has 5 nitrogen and oxygen atoms in total. The van der Waals surface area contributed by atoms with Crippen LogP contribution in [0.1, 0.15) is 28.9 Å². The molecule has 0 bridgehead atoms. The van der Waals surface area contributed by atoms with Crippen molar-refractivity contribution >= 4 is 21.8 Å². The number of rotatable bonds is 3. The average molecular weight is 405 g/mol. The SMILES string of the molecule is Cc1cc(OC2CCN(C(=O)c3ccccc3Br)CC2)cc(=O)n1C. The minimum absolute atomic E-state index is 0.0229. The zero-order valence-electron chi connectivity index (χ0n) is 14.4. The zero-order valence-corrected chi connectivity index (χ0v) is 16.0. The molecule has 25 heavy (non-hydrogen) atoms. The minimum atomic E-state index is -0.0726. The number of hydrogen-bond acceptors (Lipinski definition) is 3. The maximum Gasteiger partial charge on any atom is 0.255 e. The van der Waals surface area contributed by atoms with Gasteiger partial charge in [0.2, 0.25) is 0 Å². The lowest BCUT2D eigenvalue weighted by atomic mass is 10.1. The molecule has 1 saturated heterocycles. The van der Waals surface area contributed by atoms with Crippen molar-refractivity contribution in [3.63, 3.8) is 0 Å². The second kappa shape index (κ2) is 7.44. The van der Waals surface area contributed by atoms with Gasteiger partial charge in [-0.2, -0.15) is 0 Å². The van der Waals surface area contributed by atoms with Crippen LogP contribution in [0, 0.1) is 6.92 Å². The van der Waals surface area contributed by atoms with Crippen LogP contribution in [0.2, 0.25) is 0 Å². The maximum absolute atomic E-state index is 12.6. The first kappa shape index (κ1) is 17.7. The van der Waals surface area contributed by atoms with Gasteiger partial charge in [0.15, 0.2) is 0 Å². The number of pyridine rings is 1. The summed E-state index contributed by atoms with van der Waals surface area (Å²) in [6, 6.07) is 10.9. The Hall–Kier alpha value is -2.08. The lowest BCUT2D eigenvalue weighted by molar-refractivity contribution is 0.0594. The van der Waals surface area contributed by atoms with Gasteiger partial charge < -0.3 is 14.2 Å². The minimum Gasteiger partial charge on any atom is -0.490 e. The van der Waals surface area contributed by atoms with Crippen molar-refractivity contribution in [3.05, 3.63) is 62.5 Å². The number of benzene rings is 1. The summed E-state index contributed by atoms with van der Waals surface area (Å²) >= 11 is 3.44. The van der Waals surface area contributed by atoms with Crippen molar-refractivity contribution in [3.8, 4) is 5.75 Å². The molecule has 0 aliphatic carbocycles. The molecule has 1 aromatic heterocycles. The monoisotopic (exact) mass is 404 g/mol.